The third-order valence-electron chi connectivity index (χ3n) is 5.56. The van der Waals surface area contributed by atoms with Crippen molar-refractivity contribution in [1.29, 1.82) is 0 Å². The number of aromatic amines is 1. The van der Waals surface area contributed by atoms with Gasteiger partial charge in [-0.1, -0.05) is 58.4 Å². The molecular formula is C30H47ClN4O3. The van der Waals surface area contributed by atoms with Crippen molar-refractivity contribution in [2.75, 3.05) is 26.8 Å². The molecule has 1 atom stereocenters. The van der Waals surface area contributed by atoms with Gasteiger partial charge in [-0.05, 0) is 51.5 Å². The fourth-order valence-corrected chi connectivity index (χ4v) is 3.67. The third kappa shape index (κ3) is 12.6. The van der Waals surface area contributed by atoms with Crippen LogP contribution >= 0.6 is 11.6 Å². The highest BCUT2D eigenvalue weighted by atomic mass is 35.5. The highest BCUT2D eigenvalue weighted by Gasteiger charge is 2.29. The van der Waals surface area contributed by atoms with Crippen LogP contribution in [-0.4, -0.2) is 48.0 Å². The molecule has 38 heavy (non-hydrogen) atoms. The third-order valence-corrected chi connectivity index (χ3v) is 5.82. The topological polar surface area (TPSA) is 87.3 Å². The summed E-state index contributed by atoms with van der Waals surface area (Å²) in [5.74, 6) is 0.874. The van der Waals surface area contributed by atoms with Crippen molar-refractivity contribution in [3.8, 4) is 11.4 Å². The van der Waals surface area contributed by atoms with E-state index < -0.39 is 0 Å². The molecular weight excluding hydrogens is 500 g/mol. The molecule has 1 aliphatic rings. The Morgan fingerprint density at radius 3 is 2.29 bits per heavy atom. The highest BCUT2D eigenvalue weighted by Crippen LogP contribution is 2.31. The summed E-state index contributed by atoms with van der Waals surface area (Å²) in [5, 5.41) is 3.40. The summed E-state index contributed by atoms with van der Waals surface area (Å²) in [4.78, 5) is 32.3. The van der Waals surface area contributed by atoms with E-state index >= 15 is 0 Å². The monoisotopic (exact) mass is 546 g/mol. The molecule has 3 rings (SSSR count). The first-order valence-corrected chi connectivity index (χ1v) is 13.7. The van der Waals surface area contributed by atoms with Gasteiger partial charge in [0.15, 0.2) is 0 Å². The van der Waals surface area contributed by atoms with E-state index in [2.05, 4.69) is 40.0 Å². The second-order valence-electron chi connectivity index (χ2n) is 8.65. The van der Waals surface area contributed by atoms with Crippen molar-refractivity contribution in [2.24, 2.45) is 0 Å². The molecule has 1 unspecified atom stereocenters. The lowest BCUT2D eigenvalue weighted by molar-refractivity contribution is -0.107. The predicted octanol–water partition coefficient (Wildman–Crippen LogP) is 6.70. The van der Waals surface area contributed by atoms with E-state index in [1.165, 1.54) is 0 Å². The summed E-state index contributed by atoms with van der Waals surface area (Å²) < 4.78 is 4.54. The van der Waals surface area contributed by atoms with Gasteiger partial charge < -0.3 is 24.7 Å². The number of nitrogens with one attached hydrogen (secondary N) is 2. The number of halogens is 1. The Morgan fingerprint density at radius 2 is 1.84 bits per heavy atom. The first-order chi connectivity index (χ1) is 18.2. The Bertz CT molecular complexity index is 1030. The number of ether oxygens (including phenoxy) is 1. The number of rotatable bonds is 9. The van der Waals surface area contributed by atoms with E-state index in [9.17, 15) is 9.59 Å². The molecule has 0 amide bonds. The molecule has 0 fully saturated rings. The van der Waals surface area contributed by atoms with E-state index in [0.717, 1.165) is 66.9 Å². The number of unbranched alkanes of at least 4 members (excludes halogenated alkanes) is 1. The number of methoxy groups -OCH3 is 1. The average Bonchev–Trinajstić information content (AvgIpc) is 2.92. The van der Waals surface area contributed by atoms with Crippen LogP contribution in [0.3, 0.4) is 0 Å². The Kier molecular flexibility index (Phi) is 18.6. The highest BCUT2D eigenvalue weighted by molar-refractivity contribution is 6.30. The van der Waals surface area contributed by atoms with Crippen LogP contribution < -0.4 is 10.9 Å². The molecule has 0 radical (unpaired) electrons. The number of carbonyl (C=O) groups excluding carboxylic acids is 1. The summed E-state index contributed by atoms with van der Waals surface area (Å²) >= 11 is 5.97. The fourth-order valence-electron chi connectivity index (χ4n) is 3.54. The first kappa shape index (κ1) is 35.1. The molecule has 212 valence electrons. The molecule has 1 aliphatic heterocycles. The molecule has 0 spiro atoms. The minimum atomic E-state index is -0.0533. The number of aromatic nitrogens is 2. The average molecular weight is 547 g/mol. The van der Waals surface area contributed by atoms with E-state index in [0.29, 0.717) is 23.9 Å². The second kappa shape index (κ2) is 20.1. The fraction of sp³-hybridized carbons (Fsp3) is 0.500. The zero-order valence-corrected chi connectivity index (χ0v) is 25.1. The summed E-state index contributed by atoms with van der Waals surface area (Å²) in [6, 6.07) is 7.40. The molecule has 1 aromatic heterocycles. The zero-order chi connectivity index (χ0) is 29.1. The zero-order valence-electron chi connectivity index (χ0n) is 24.3. The lowest BCUT2D eigenvalue weighted by Gasteiger charge is -2.35. The molecule has 8 heteroatoms. The summed E-state index contributed by atoms with van der Waals surface area (Å²) in [7, 11) is 1.68. The molecule has 2 N–H and O–H groups in total. The maximum Gasteiger partial charge on any atom is 0.256 e. The van der Waals surface area contributed by atoms with Crippen molar-refractivity contribution in [1.82, 2.24) is 20.2 Å². The van der Waals surface area contributed by atoms with Gasteiger partial charge in [-0.25, -0.2) is 4.98 Å². The van der Waals surface area contributed by atoms with Gasteiger partial charge in [0.1, 0.15) is 12.1 Å². The summed E-state index contributed by atoms with van der Waals surface area (Å²) in [5.41, 5.74) is 4.36. The van der Waals surface area contributed by atoms with Crippen LogP contribution in [0.2, 0.25) is 5.02 Å². The Balaban J connectivity index is 0.000000883. The van der Waals surface area contributed by atoms with E-state index in [-0.39, 0.29) is 11.5 Å². The smallest absolute Gasteiger partial charge is 0.256 e. The van der Waals surface area contributed by atoms with Crippen molar-refractivity contribution in [3.63, 3.8) is 0 Å². The number of hydrogen-bond acceptors (Lipinski definition) is 6. The van der Waals surface area contributed by atoms with Gasteiger partial charge in [0.05, 0.1) is 17.8 Å². The predicted molar refractivity (Wildman–Crippen MR) is 161 cm³/mol. The van der Waals surface area contributed by atoms with Crippen LogP contribution in [0.25, 0.3) is 11.4 Å². The lowest BCUT2D eigenvalue weighted by Crippen LogP contribution is -2.37. The molecule has 0 aliphatic carbocycles. The second-order valence-corrected chi connectivity index (χ2v) is 9.08. The van der Waals surface area contributed by atoms with Crippen LogP contribution in [0, 0.1) is 0 Å². The molecule has 0 bridgehead atoms. The van der Waals surface area contributed by atoms with Crippen LogP contribution in [-0.2, 0) is 16.1 Å². The number of fused-ring (bicyclic) bond motifs is 1. The van der Waals surface area contributed by atoms with E-state index in [1.54, 1.807) is 7.11 Å². The molecule has 1 aromatic carbocycles. The van der Waals surface area contributed by atoms with Crippen LogP contribution in [0.5, 0.6) is 0 Å². The molecule has 2 heterocycles. The van der Waals surface area contributed by atoms with Crippen molar-refractivity contribution < 1.29 is 9.53 Å². The number of carbonyl (C=O) groups is 1. The van der Waals surface area contributed by atoms with Gasteiger partial charge in [-0.2, -0.15) is 0 Å². The number of hydrogen-bond donors (Lipinski definition) is 2. The standard InChI is InChI=1S/C20H24ClN3O.C5H9NO.C3H8O.C2H6/c1-4-5-6-15-11-24(13(2)3)12-17-18(15)22-19(23-20(17)25)14-7-9-16(21)10-8-14;1-5(2)6-3-4-7;1-3-4-2;1-2/h7-10,15H,2,4-6,11-12H2,1,3H3,(H,22,23,25);4,6H,1,3H2,2H3;3H2,1-2H3;1-2H3. The van der Waals surface area contributed by atoms with E-state index in [1.807, 2.05) is 58.9 Å². The van der Waals surface area contributed by atoms with Crippen LogP contribution in [0.4, 0.5) is 0 Å². The lowest BCUT2D eigenvalue weighted by atomic mass is 9.90. The number of benzene rings is 1. The first-order valence-electron chi connectivity index (χ1n) is 13.3. The number of nitrogens with zero attached hydrogens (tertiary/aromatic N) is 2. The van der Waals surface area contributed by atoms with Gasteiger partial charge >= 0.3 is 0 Å². The number of H-pyrrole nitrogens is 1. The van der Waals surface area contributed by atoms with Gasteiger partial charge in [-0.15, -0.1) is 0 Å². The summed E-state index contributed by atoms with van der Waals surface area (Å²) in [6.07, 6.45) is 4.09. The Hall–Kier alpha value is -2.90. The van der Waals surface area contributed by atoms with E-state index in [4.69, 9.17) is 16.6 Å². The van der Waals surface area contributed by atoms with Gasteiger partial charge in [0.25, 0.3) is 5.56 Å². The van der Waals surface area contributed by atoms with Crippen molar-refractivity contribution in [2.45, 2.75) is 73.3 Å². The number of aldehydes is 1. The largest absolute Gasteiger partial charge is 0.385 e. The number of allylic oxidation sites excluding steroid dienone is 2. The van der Waals surface area contributed by atoms with Crippen molar-refractivity contribution >= 4 is 17.9 Å². The molecule has 2 aromatic rings. The van der Waals surface area contributed by atoms with Gasteiger partial charge in [0.2, 0.25) is 0 Å². The quantitative estimate of drug-likeness (QED) is 0.340. The molecule has 0 saturated heterocycles. The van der Waals surface area contributed by atoms with Crippen LogP contribution in [0.15, 0.2) is 53.6 Å². The van der Waals surface area contributed by atoms with Gasteiger partial charge in [0, 0.05) is 54.7 Å². The van der Waals surface area contributed by atoms with Gasteiger partial charge in [-0.3, -0.25) is 4.79 Å². The normalized spacial score (nSPS) is 13.3. The Labute approximate surface area is 234 Å². The maximum atomic E-state index is 12.7. The minimum absolute atomic E-state index is 0.0533. The minimum Gasteiger partial charge on any atom is -0.385 e. The Morgan fingerprint density at radius 1 is 1.24 bits per heavy atom. The SMILES string of the molecule is C=C(C)N1Cc2c(nc(-c3ccc(Cl)cc3)[nH]c2=O)C(CCCC)C1.C=C(C)NCC=O.CC.CCOC. The maximum absolute atomic E-state index is 12.7. The van der Waals surface area contributed by atoms with Crippen LogP contribution in [0.1, 0.15) is 78.0 Å². The molecule has 7 nitrogen and oxygen atoms in total. The molecule has 0 saturated carbocycles. The summed E-state index contributed by atoms with van der Waals surface area (Å²) in [6.45, 7) is 22.2. The van der Waals surface area contributed by atoms with Crippen molar-refractivity contribution in [3.05, 3.63) is 75.5 Å².